The van der Waals surface area contributed by atoms with E-state index in [-0.39, 0.29) is 5.88 Å². The Labute approximate surface area is 128 Å². The van der Waals surface area contributed by atoms with Gasteiger partial charge in [0.05, 0.1) is 7.11 Å². The molecule has 0 saturated carbocycles. The average Bonchev–Trinajstić information content (AvgIpc) is 2.89. The Bertz CT molecular complexity index is 827. The Morgan fingerprint density at radius 1 is 1.19 bits per heavy atom. The van der Waals surface area contributed by atoms with Crippen LogP contribution in [0.3, 0.4) is 0 Å². The zero-order chi connectivity index (χ0) is 15.0. The minimum atomic E-state index is -0.513. The van der Waals surface area contributed by atoms with E-state index in [1.807, 2.05) is 30.3 Å². The lowest BCUT2D eigenvalue weighted by molar-refractivity contribution is -0.400. The van der Waals surface area contributed by atoms with E-state index in [0.29, 0.717) is 26.8 Å². The van der Waals surface area contributed by atoms with Gasteiger partial charge in [-0.25, -0.2) is 0 Å². The highest BCUT2D eigenvalue weighted by Crippen LogP contribution is 2.44. The number of nitrogens with zero attached hydrogens (tertiary/aromatic N) is 1. The topological polar surface area (TPSA) is 65.5 Å². The molecule has 0 atom stereocenters. The van der Waals surface area contributed by atoms with Gasteiger partial charge in [-0.2, -0.15) is 0 Å². The maximum Gasteiger partial charge on any atom is 0.442 e. The maximum absolute atomic E-state index is 11.3. The van der Waals surface area contributed by atoms with Crippen molar-refractivity contribution in [1.29, 1.82) is 0 Å². The van der Waals surface area contributed by atoms with E-state index in [2.05, 4.69) is 15.9 Å². The van der Waals surface area contributed by atoms with Crippen molar-refractivity contribution in [2.24, 2.45) is 0 Å². The highest BCUT2D eigenvalue weighted by Gasteiger charge is 2.27. The van der Waals surface area contributed by atoms with Crippen molar-refractivity contribution in [3.63, 3.8) is 0 Å². The van der Waals surface area contributed by atoms with Crippen LogP contribution in [0.25, 0.3) is 22.1 Å². The number of fused-ring (bicyclic) bond motifs is 1. The van der Waals surface area contributed by atoms with Gasteiger partial charge in [0.2, 0.25) is 0 Å². The van der Waals surface area contributed by atoms with Crippen LogP contribution in [0.2, 0.25) is 0 Å². The summed E-state index contributed by atoms with van der Waals surface area (Å²) < 4.78 is 11.2. The Hall–Kier alpha value is -2.34. The lowest BCUT2D eigenvalue weighted by Crippen LogP contribution is -1.88. The van der Waals surface area contributed by atoms with E-state index in [0.717, 1.165) is 5.56 Å². The number of ether oxygens (including phenoxy) is 1. The summed E-state index contributed by atoms with van der Waals surface area (Å²) in [4.78, 5) is 10.8. The molecule has 0 N–H and O–H groups in total. The summed E-state index contributed by atoms with van der Waals surface area (Å²) in [7, 11) is 1.53. The smallest absolute Gasteiger partial charge is 0.442 e. The fraction of sp³-hybridized carbons (Fsp3) is 0.0667. The fourth-order valence-corrected chi connectivity index (χ4v) is 2.86. The first kappa shape index (κ1) is 13.6. The molecule has 5 nitrogen and oxygen atoms in total. The van der Waals surface area contributed by atoms with Crippen molar-refractivity contribution in [1.82, 2.24) is 0 Å². The molecule has 0 aliphatic heterocycles. The molecule has 0 spiro atoms. The van der Waals surface area contributed by atoms with Gasteiger partial charge in [-0.1, -0.05) is 30.3 Å². The van der Waals surface area contributed by atoms with Gasteiger partial charge in [-0.15, -0.1) is 0 Å². The maximum atomic E-state index is 11.3. The predicted octanol–water partition coefficient (Wildman–Crippen LogP) is 4.78. The molecule has 1 heterocycles. The van der Waals surface area contributed by atoms with Crippen LogP contribution in [0.15, 0.2) is 51.4 Å². The summed E-state index contributed by atoms with van der Waals surface area (Å²) in [6, 6.07) is 12.7. The van der Waals surface area contributed by atoms with Crippen LogP contribution in [0.1, 0.15) is 0 Å². The molecule has 106 valence electrons. The largest absolute Gasteiger partial charge is 0.495 e. The number of rotatable bonds is 3. The first-order valence-electron chi connectivity index (χ1n) is 6.12. The van der Waals surface area contributed by atoms with E-state index in [1.165, 1.54) is 7.11 Å². The van der Waals surface area contributed by atoms with Crippen LogP contribution in [0, 0.1) is 10.1 Å². The van der Waals surface area contributed by atoms with Gasteiger partial charge >= 0.3 is 5.88 Å². The molecular weight excluding hydrogens is 338 g/mol. The van der Waals surface area contributed by atoms with Gasteiger partial charge < -0.3 is 9.15 Å². The first-order chi connectivity index (χ1) is 10.1. The molecule has 0 fully saturated rings. The molecular formula is C15H10BrNO4. The normalized spacial score (nSPS) is 10.8. The van der Waals surface area contributed by atoms with Crippen LogP contribution in [0.5, 0.6) is 5.75 Å². The van der Waals surface area contributed by atoms with E-state index >= 15 is 0 Å². The molecule has 21 heavy (non-hydrogen) atoms. The fourth-order valence-electron chi connectivity index (χ4n) is 2.27. The molecule has 0 unspecified atom stereocenters. The molecule has 2 aromatic carbocycles. The highest BCUT2D eigenvalue weighted by molar-refractivity contribution is 9.10. The quantitative estimate of drug-likeness (QED) is 0.505. The van der Waals surface area contributed by atoms with Crippen LogP contribution in [-0.4, -0.2) is 12.0 Å². The van der Waals surface area contributed by atoms with Crippen LogP contribution >= 0.6 is 15.9 Å². The number of furan rings is 1. The minimum absolute atomic E-state index is 0.273. The molecule has 0 bridgehead atoms. The summed E-state index contributed by atoms with van der Waals surface area (Å²) in [5.41, 5.74) is 1.61. The third-order valence-corrected chi connectivity index (χ3v) is 3.94. The zero-order valence-corrected chi connectivity index (χ0v) is 12.6. The second-order valence-corrected chi connectivity index (χ2v) is 5.16. The summed E-state index contributed by atoms with van der Waals surface area (Å²) in [5, 5.41) is 12.0. The summed E-state index contributed by atoms with van der Waals surface area (Å²) in [6.45, 7) is 0. The van der Waals surface area contributed by atoms with E-state index < -0.39 is 4.92 Å². The van der Waals surface area contributed by atoms with Crippen molar-refractivity contribution in [3.05, 3.63) is 57.1 Å². The molecule has 0 amide bonds. The van der Waals surface area contributed by atoms with E-state index in [9.17, 15) is 10.1 Å². The second-order valence-electron chi connectivity index (χ2n) is 4.36. The van der Waals surface area contributed by atoms with Gasteiger partial charge in [-0.3, -0.25) is 10.1 Å². The third kappa shape index (κ3) is 2.17. The Balaban J connectivity index is 2.39. The monoisotopic (exact) mass is 347 g/mol. The lowest BCUT2D eigenvalue weighted by atomic mass is 10.0. The molecule has 6 heteroatoms. The summed E-state index contributed by atoms with van der Waals surface area (Å²) in [5.74, 6) is 0.288. The Morgan fingerprint density at radius 3 is 2.52 bits per heavy atom. The molecule has 0 saturated heterocycles. The number of hydrogen-bond acceptors (Lipinski definition) is 4. The van der Waals surface area contributed by atoms with E-state index in [1.54, 1.807) is 12.1 Å². The van der Waals surface area contributed by atoms with Gasteiger partial charge in [0.1, 0.15) is 20.7 Å². The predicted molar refractivity (Wildman–Crippen MR) is 82.6 cm³/mol. The summed E-state index contributed by atoms with van der Waals surface area (Å²) >= 11 is 3.37. The van der Waals surface area contributed by atoms with Crippen LogP contribution in [-0.2, 0) is 0 Å². The van der Waals surface area contributed by atoms with Gasteiger partial charge in [0.15, 0.2) is 5.58 Å². The van der Waals surface area contributed by atoms with Crippen molar-refractivity contribution in [3.8, 4) is 16.9 Å². The SMILES string of the molecule is COc1ccc2c(-c3ccccc3)c([N+](=O)[O-])oc2c1Br. The number of benzene rings is 2. The van der Waals surface area contributed by atoms with Crippen LogP contribution < -0.4 is 4.74 Å². The number of halogens is 1. The summed E-state index contributed by atoms with van der Waals surface area (Å²) in [6.07, 6.45) is 0. The molecule has 3 rings (SSSR count). The van der Waals surface area contributed by atoms with E-state index in [4.69, 9.17) is 9.15 Å². The second kappa shape index (κ2) is 5.21. The Kier molecular flexibility index (Phi) is 3.39. The first-order valence-corrected chi connectivity index (χ1v) is 6.91. The third-order valence-electron chi connectivity index (χ3n) is 3.19. The highest BCUT2D eigenvalue weighted by atomic mass is 79.9. The standard InChI is InChI=1S/C15H10BrNO4/c1-20-11-8-7-10-12(9-5-3-2-4-6-9)15(17(18)19)21-14(10)13(11)16/h2-8H,1H3. The lowest BCUT2D eigenvalue weighted by Gasteiger charge is -2.02. The van der Waals surface area contributed by atoms with Gasteiger partial charge in [-0.05, 0) is 33.6 Å². The van der Waals surface area contributed by atoms with Crippen LogP contribution in [0.4, 0.5) is 5.88 Å². The number of hydrogen-bond donors (Lipinski definition) is 0. The molecule has 0 aliphatic rings. The van der Waals surface area contributed by atoms with Gasteiger partial charge in [0, 0.05) is 5.39 Å². The molecule has 3 aromatic rings. The van der Waals surface area contributed by atoms with Crippen molar-refractivity contribution in [2.75, 3.05) is 7.11 Å². The molecule has 0 aliphatic carbocycles. The van der Waals surface area contributed by atoms with Crippen molar-refractivity contribution >= 4 is 32.8 Å². The van der Waals surface area contributed by atoms with Crippen molar-refractivity contribution < 1.29 is 14.1 Å². The number of nitro groups is 1. The Morgan fingerprint density at radius 2 is 1.90 bits per heavy atom. The molecule has 1 aromatic heterocycles. The van der Waals surface area contributed by atoms with Gasteiger partial charge in [0.25, 0.3) is 0 Å². The number of methoxy groups -OCH3 is 1. The zero-order valence-electron chi connectivity index (χ0n) is 11.0. The van der Waals surface area contributed by atoms with Crippen molar-refractivity contribution in [2.45, 2.75) is 0 Å². The molecule has 0 radical (unpaired) electrons. The average molecular weight is 348 g/mol. The minimum Gasteiger partial charge on any atom is -0.495 e.